The summed E-state index contributed by atoms with van der Waals surface area (Å²) in [7, 11) is 0. The molecule has 2 rings (SSSR count). The van der Waals surface area contributed by atoms with Crippen molar-refractivity contribution in [3.8, 4) is 11.5 Å². The second-order valence-electron chi connectivity index (χ2n) is 4.58. The number of halogens is 1. The molecule has 5 heteroatoms. The van der Waals surface area contributed by atoms with Gasteiger partial charge in [0.25, 0.3) is 5.89 Å². The summed E-state index contributed by atoms with van der Waals surface area (Å²) in [6, 6.07) is 5.03. The molecule has 0 spiro atoms. The Morgan fingerprint density at radius 2 is 2.06 bits per heavy atom. The van der Waals surface area contributed by atoms with Gasteiger partial charge in [0.15, 0.2) is 5.82 Å². The molecule has 0 amide bonds. The summed E-state index contributed by atoms with van der Waals surface area (Å²) in [5.74, 6) is 0.158. The Morgan fingerprint density at radius 3 is 2.65 bits per heavy atom. The van der Waals surface area contributed by atoms with Crippen LogP contribution in [-0.4, -0.2) is 10.1 Å². The van der Waals surface area contributed by atoms with Gasteiger partial charge in [-0.3, -0.25) is 0 Å². The highest BCUT2D eigenvalue weighted by Crippen LogP contribution is 2.24. The molecule has 0 fully saturated rings. The van der Waals surface area contributed by atoms with Crippen molar-refractivity contribution in [2.75, 3.05) is 0 Å². The summed E-state index contributed by atoms with van der Waals surface area (Å²) in [6.07, 6.45) is 0. The third-order valence-corrected chi connectivity index (χ3v) is 2.42. The summed E-state index contributed by atoms with van der Waals surface area (Å²) < 4.78 is 18.9. The molecule has 0 bridgehead atoms. The van der Waals surface area contributed by atoms with Gasteiger partial charge < -0.3 is 10.3 Å². The molecule has 1 aromatic carbocycles. The Bertz CT molecular complexity index is 543. The zero-order valence-corrected chi connectivity index (χ0v) is 9.99. The van der Waals surface area contributed by atoms with E-state index in [-0.39, 0.29) is 11.7 Å². The first-order valence-corrected chi connectivity index (χ1v) is 5.28. The number of rotatable bonds is 2. The lowest BCUT2D eigenvalue weighted by atomic mass is 10.1. The summed E-state index contributed by atoms with van der Waals surface area (Å²) >= 11 is 0. The molecule has 1 aromatic heterocycles. The minimum Gasteiger partial charge on any atom is -0.334 e. The molecule has 0 unspecified atom stereocenters. The zero-order chi connectivity index (χ0) is 12.6. The van der Waals surface area contributed by atoms with Crippen molar-refractivity contribution in [3.05, 3.63) is 35.4 Å². The monoisotopic (exact) mass is 235 g/mol. The number of nitrogens with zero attached hydrogens (tertiary/aromatic N) is 2. The van der Waals surface area contributed by atoms with E-state index in [2.05, 4.69) is 10.1 Å². The molecule has 0 aliphatic rings. The highest BCUT2D eigenvalue weighted by Gasteiger charge is 2.23. The van der Waals surface area contributed by atoms with Crippen LogP contribution in [0.15, 0.2) is 22.7 Å². The van der Waals surface area contributed by atoms with Crippen molar-refractivity contribution < 1.29 is 8.91 Å². The fraction of sp³-hybridized carbons (Fsp3) is 0.333. The average molecular weight is 235 g/mol. The number of aryl methyl sites for hydroxylation is 1. The minimum absolute atomic E-state index is 0.153. The van der Waals surface area contributed by atoms with Crippen LogP contribution >= 0.6 is 0 Å². The standard InChI is InChI=1S/C12H14FN3O/c1-7-5-4-6-8(9(7)13)10-15-11(16-17-10)12(2,3)14/h4-6H,14H2,1-3H3. The normalized spacial score (nSPS) is 11.8. The zero-order valence-electron chi connectivity index (χ0n) is 9.99. The van der Waals surface area contributed by atoms with E-state index in [4.69, 9.17) is 10.3 Å². The molecule has 17 heavy (non-hydrogen) atoms. The van der Waals surface area contributed by atoms with Crippen molar-refractivity contribution in [1.29, 1.82) is 0 Å². The van der Waals surface area contributed by atoms with E-state index in [1.54, 1.807) is 39.0 Å². The molecule has 0 atom stereocenters. The topological polar surface area (TPSA) is 64.9 Å². The molecule has 0 saturated carbocycles. The Hall–Kier alpha value is -1.75. The van der Waals surface area contributed by atoms with Crippen molar-refractivity contribution in [2.24, 2.45) is 5.73 Å². The van der Waals surface area contributed by atoms with Crippen LogP contribution in [0.4, 0.5) is 4.39 Å². The van der Waals surface area contributed by atoms with Crippen LogP contribution in [0.25, 0.3) is 11.5 Å². The summed E-state index contributed by atoms with van der Waals surface area (Å²) in [6.45, 7) is 5.20. The van der Waals surface area contributed by atoms with Crippen LogP contribution < -0.4 is 5.73 Å². The van der Waals surface area contributed by atoms with Crippen LogP contribution in [-0.2, 0) is 5.54 Å². The highest BCUT2D eigenvalue weighted by atomic mass is 19.1. The lowest BCUT2D eigenvalue weighted by Gasteiger charge is -2.11. The Kier molecular flexibility index (Phi) is 2.71. The second kappa shape index (κ2) is 3.92. The third-order valence-electron chi connectivity index (χ3n) is 2.42. The van der Waals surface area contributed by atoms with E-state index >= 15 is 0 Å². The molecule has 1 heterocycles. The van der Waals surface area contributed by atoms with E-state index in [0.29, 0.717) is 17.0 Å². The molecule has 0 radical (unpaired) electrons. The summed E-state index contributed by atoms with van der Waals surface area (Å²) in [5.41, 5.74) is 5.97. The Labute approximate surface area is 98.6 Å². The Balaban J connectivity index is 2.48. The second-order valence-corrected chi connectivity index (χ2v) is 4.58. The molecule has 0 aliphatic carbocycles. The van der Waals surface area contributed by atoms with Gasteiger partial charge in [0, 0.05) is 0 Å². The van der Waals surface area contributed by atoms with Crippen molar-refractivity contribution in [3.63, 3.8) is 0 Å². The molecular formula is C12H14FN3O. The van der Waals surface area contributed by atoms with Crippen molar-refractivity contribution >= 4 is 0 Å². The first-order valence-electron chi connectivity index (χ1n) is 5.28. The van der Waals surface area contributed by atoms with E-state index in [9.17, 15) is 4.39 Å². The predicted molar refractivity (Wildman–Crippen MR) is 61.6 cm³/mol. The molecule has 0 aliphatic heterocycles. The lowest BCUT2D eigenvalue weighted by molar-refractivity contribution is 0.396. The fourth-order valence-electron chi connectivity index (χ4n) is 1.41. The summed E-state index contributed by atoms with van der Waals surface area (Å²) in [4.78, 5) is 4.11. The fourth-order valence-corrected chi connectivity index (χ4v) is 1.41. The van der Waals surface area contributed by atoms with Crippen LogP contribution in [0.1, 0.15) is 25.2 Å². The van der Waals surface area contributed by atoms with E-state index in [0.717, 1.165) is 0 Å². The van der Waals surface area contributed by atoms with E-state index in [1.807, 2.05) is 0 Å². The van der Waals surface area contributed by atoms with Gasteiger partial charge in [-0.2, -0.15) is 4.98 Å². The van der Waals surface area contributed by atoms with Gasteiger partial charge in [0.2, 0.25) is 0 Å². The van der Waals surface area contributed by atoms with Gasteiger partial charge in [-0.1, -0.05) is 17.3 Å². The van der Waals surface area contributed by atoms with Crippen LogP contribution in [0.2, 0.25) is 0 Å². The average Bonchev–Trinajstić information content (AvgIpc) is 2.70. The predicted octanol–water partition coefficient (Wildman–Crippen LogP) is 2.38. The first kappa shape index (κ1) is 11.7. The van der Waals surface area contributed by atoms with Gasteiger partial charge in [0.1, 0.15) is 5.82 Å². The van der Waals surface area contributed by atoms with Gasteiger partial charge in [-0.25, -0.2) is 4.39 Å². The molecule has 2 aromatic rings. The molecule has 2 N–H and O–H groups in total. The van der Waals surface area contributed by atoms with Gasteiger partial charge in [0.05, 0.1) is 11.1 Å². The van der Waals surface area contributed by atoms with Gasteiger partial charge >= 0.3 is 0 Å². The van der Waals surface area contributed by atoms with Crippen molar-refractivity contribution in [2.45, 2.75) is 26.3 Å². The van der Waals surface area contributed by atoms with E-state index in [1.165, 1.54) is 0 Å². The Morgan fingerprint density at radius 1 is 1.35 bits per heavy atom. The van der Waals surface area contributed by atoms with Crippen LogP contribution in [0, 0.1) is 12.7 Å². The molecule has 4 nitrogen and oxygen atoms in total. The van der Waals surface area contributed by atoms with Gasteiger partial charge in [-0.15, -0.1) is 0 Å². The molecule has 90 valence electrons. The van der Waals surface area contributed by atoms with Gasteiger partial charge in [-0.05, 0) is 32.4 Å². The molecule has 0 saturated heterocycles. The van der Waals surface area contributed by atoms with Crippen molar-refractivity contribution in [1.82, 2.24) is 10.1 Å². The SMILES string of the molecule is Cc1cccc(-c2nc(C(C)(C)N)no2)c1F. The van der Waals surface area contributed by atoms with E-state index < -0.39 is 5.54 Å². The maximum absolute atomic E-state index is 13.8. The quantitative estimate of drug-likeness (QED) is 0.867. The number of hydrogen-bond donors (Lipinski definition) is 1. The largest absolute Gasteiger partial charge is 0.334 e. The third kappa shape index (κ3) is 2.19. The minimum atomic E-state index is -0.706. The van der Waals surface area contributed by atoms with Crippen LogP contribution in [0.3, 0.4) is 0 Å². The maximum atomic E-state index is 13.8. The number of aromatic nitrogens is 2. The number of hydrogen-bond acceptors (Lipinski definition) is 4. The number of benzene rings is 1. The smallest absolute Gasteiger partial charge is 0.260 e. The van der Waals surface area contributed by atoms with Crippen LogP contribution in [0.5, 0.6) is 0 Å². The first-order chi connectivity index (χ1) is 7.89. The highest BCUT2D eigenvalue weighted by molar-refractivity contribution is 5.55. The maximum Gasteiger partial charge on any atom is 0.260 e. The molecular weight excluding hydrogens is 221 g/mol. The summed E-state index contributed by atoms with van der Waals surface area (Å²) in [5, 5.41) is 3.76. The lowest BCUT2D eigenvalue weighted by Crippen LogP contribution is -2.30. The number of nitrogens with two attached hydrogens (primary N) is 1.